The number of hydrogen-bond acceptors (Lipinski definition) is 6. The zero-order valence-corrected chi connectivity index (χ0v) is 19.2. The first-order valence-electron chi connectivity index (χ1n) is 11.4. The number of amides is 3. The van der Waals surface area contributed by atoms with Crippen molar-refractivity contribution in [3.63, 3.8) is 0 Å². The van der Waals surface area contributed by atoms with Crippen molar-refractivity contribution in [1.29, 1.82) is 0 Å². The van der Waals surface area contributed by atoms with Crippen molar-refractivity contribution in [2.75, 3.05) is 38.3 Å². The molecular weight excluding hydrogens is 434 g/mol. The Balaban J connectivity index is 1.31. The maximum atomic E-state index is 13.1. The fourth-order valence-electron chi connectivity index (χ4n) is 4.22. The molecule has 2 aliphatic heterocycles. The number of anilines is 1. The minimum atomic E-state index is -0.692. The third kappa shape index (κ3) is 5.19. The van der Waals surface area contributed by atoms with Crippen molar-refractivity contribution in [3.05, 3.63) is 60.2 Å². The Hall–Kier alpha value is -3.88. The first-order chi connectivity index (χ1) is 16.5. The zero-order valence-electron chi connectivity index (χ0n) is 19.2. The third-order valence-electron chi connectivity index (χ3n) is 6.21. The van der Waals surface area contributed by atoms with Gasteiger partial charge in [0.15, 0.2) is 0 Å². The zero-order chi connectivity index (χ0) is 24.1. The Morgan fingerprint density at radius 2 is 1.62 bits per heavy atom. The average molecular weight is 464 g/mol. The lowest BCUT2D eigenvalue weighted by molar-refractivity contribution is -0.136. The van der Waals surface area contributed by atoms with Crippen molar-refractivity contribution < 1.29 is 19.1 Å². The molecule has 1 saturated heterocycles. The van der Waals surface area contributed by atoms with Gasteiger partial charge in [-0.05, 0) is 36.2 Å². The molecule has 178 valence electrons. The minimum Gasteiger partial charge on any atom is -0.497 e. The maximum absolute atomic E-state index is 13.1. The predicted octanol–water partition coefficient (Wildman–Crippen LogP) is 1.42. The monoisotopic (exact) mass is 463 g/mol. The Kier molecular flexibility index (Phi) is 7.10. The van der Waals surface area contributed by atoms with Gasteiger partial charge in [-0.2, -0.15) is 5.10 Å². The molecule has 2 aromatic carbocycles. The van der Waals surface area contributed by atoms with Crippen molar-refractivity contribution >= 4 is 29.1 Å². The van der Waals surface area contributed by atoms with Crippen molar-refractivity contribution in [3.8, 4) is 5.75 Å². The molecular formula is C25H29N5O4. The van der Waals surface area contributed by atoms with Gasteiger partial charge in [0.25, 0.3) is 5.91 Å². The van der Waals surface area contributed by atoms with Gasteiger partial charge < -0.3 is 20.3 Å². The SMILES string of the molecule is COc1ccc(CCC(=O)N2CCN(C(=O)C3=NN(c4ccccc4)C(C(N)=O)C3)CC2)cc1. The van der Waals surface area contributed by atoms with Gasteiger partial charge in [-0.3, -0.25) is 19.4 Å². The van der Waals surface area contributed by atoms with Crippen LogP contribution in [0.2, 0.25) is 0 Å². The topological polar surface area (TPSA) is 109 Å². The Morgan fingerprint density at radius 1 is 0.971 bits per heavy atom. The normalized spacial score (nSPS) is 18.0. The van der Waals surface area contributed by atoms with Crippen LogP contribution in [0, 0.1) is 0 Å². The van der Waals surface area contributed by atoms with Gasteiger partial charge in [-0.1, -0.05) is 30.3 Å². The van der Waals surface area contributed by atoms with Gasteiger partial charge in [0, 0.05) is 39.0 Å². The van der Waals surface area contributed by atoms with E-state index in [9.17, 15) is 14.4 Å². The van der Waals surface area contributed by atoms with Gasteiger partial charge in [-0.15, -0.1) is 0 Å². The molecule has 0 aromatic heterocycles. The maximum Gasteiger partial charge on any atom is 0.270 e. The van der Waals surface area contributed by atoms with E-state index in [2.05, 4.69) is 5.10 Å². The molecule has 0 radical (unpaired) electrons. The van der Waals surface area contributed by atoms with Crippen molar-refractivity contribution in [2.45, 2.75) is 25.3 Å². The first kappa shape index (κ1) is 23.3. The average Bonchev–Trinajstić information content (AvgIpc) is 3.34. The first-order valence-corrected chi connectivity index (χ1v) is 11.4. The number of hydrogen-bond donors (Lipinski definition) is 1. The van der Waals surface area contributed by atoms with E-state index < -0.39 is 11.9 Å². The van der Waals surface area contributed by atoms with Gasteiger partial charge in [0.2, 0.25) is 11.8 Å². The second-order valence-electron chi connectivity index (χ2n) is 8.37. The molecule has 9 nitrogen and oxygen atoms in total. The van der Waals surface area contributed by atoms with Crippen LogP contribution >= 0.6 is 0 Å². The highest BCUT2D eigenvalue weighted by Crippen LogP contribution is 2.25. The number of rotatable bonds is 7. The summed E-state index contributed by atoms with van der Waals surface area (Å²) in [5.41, 5.74) is 7.67. The van der Waals surface area contributed by atoms with Crippen LogP contribution in [-0.4, -0.2) is 72.6 Å². The van der Waals surface area contributed by atoms with Crippen LogP contribution in [-0.2, 0) is 20.8 Å². The molecule has 1 fully saturated rings. The molecule has 0 spiro atoms. The van der Waals surface area contributed by atoms with Crippen LogP contribution in [0.5, 0.6) is 5.75 Å². The Bertz CT molecular complexity index is 1060. The summed E-state index contributed by atoms with van der Waals surface area (Å²) in [5.74, 6) is 0.125. The molecule has 34 heavy (non-hydrogen) atoms. The minimum absolute atomic E-state index is 0.0742. The number of ether oxygens (including phenoxy) is 1. The summed E-state index contributed by atoms with van der Waals surface area (Å²) >= 11 is 0. The highest BCUT2D eigenvalue weighted by atomic mass is 16.5. The molecule has 2 N–H and O–H groups in total. The fourth-order valence-corrected chi connectivity index (χ4v) is 4.22. The van der Waals surface area contributed by atoms with Gasteiger partial charge in [0.1, 0.15) is 17.5 Å². The molecule has 3 amide bonds. The number of nitrogens with two attached hydrogens (primary N) is 1. The Morgan fingerprint density at radius 3 is 2.24 bits per heavy atom. The number of aryl methyl sites for hydroxylation is 1. The van der Waals surface area contributed by atoms with Crippen LogP contribution in [0.3, 0.4) is 0 Å². The molecule has 2 heterocycles. The van der Waals surface area contributed by atoms with E-state index >= 15 is 0 Å². The summed E-state index contributed by atoms with van der Waals surface area (Å²) in [6.07, 6.45) is 1.24. The summed E-state index contributed by atoms with van der Waals surface area (Å²) in [6, 6.07) is 16.2. The smallest absolute Gasteiger partial charge is 0.270 e. The van der Waals surface area contributed by atoms with E-state index in [1.807, 2.05) is 54.6 Å². The van der Waals surface area contributed by atoms with Gasteiger partial charge >= 0.3 is 0 Å². The number of methoxy groups -OCH3 is 1. The second kappa shape index (κ2) is 10.4. The number of piperazine rings is 1. The van der Waals surface area contributed by atoms with Gasteiger partial charge in [-0.25, -0.2) is 0 Å². The third-order valence-corrected chi connectivity index (χ3v) is 6.21. The van der Waals surface area contributed by atoms with Crippen LogP contribution in [0.15, 0.2) is 59.7 Å². The van der Waals surface area contributed by atoms with E-state index in [0.717, 1.165) is 11.3 Å². The van der Waals surface area contributed by atoms with Gasteiger partial charge in [0.05, 0.1) is 12.8 Å². The number of hydrazone groups is 1. The number of carbonyl (C=O) groups is 3. The van der Waals surface area contributed by atoms with Crippen LogP contribution < -0.4 is 15.5 Å². The molecule has 0 aliphatic carbocycles. The van der Waals surface area contributed by atoms with Crippen LogP contribution in [0.4, 0.5) is 5.69 Å². The van der Waals surface area contributed by atoms with E-state index in [0.29, 0.717) is 50.4 Å². The van der Waals surface area contributed by atoms with Crippen molar-refractivity contribution in [1.82, 2.24) is 9.80 Å². The van der Waals surface area contributed by atoms with Crippen LogP contribution in [0.1, 0.15) is 18.4 Å². The predicted molar refractivity (Wildman–Crippen MR) is 128 cm³/mol. The fraction of sp³-hybridized carbons (Fsp3) is 0.360. The van der Waals surface area contributed by atoms with E-state index in [4.69, 9.17) is 10.5 Å². The summed E-state index contributed by atoms with van der Waals surface area (Å²) < 4.78 is 5.16. The standard InChI is InChI=1S/C25H29N5O4/c1-34-20-10-7-18(8-11-20)9-12-23(31)28-13-15-29(16-14-28)25(33)21-17-22(24(26)32)30(27-21)19-5-3-2-4-6-19/h2-8,10-11,22H,9,12-17H2,1H3,(H2,26,32). The summed E-state index contributed by atoms with van der Waals surface area (Å²) in [4.78, 5) is 41.2. The van der Waals surface area contributed by atoms with E-state index in [1.54, 1.807) is 16.9 Å². The molecule has 0 saturated carbocycles. The molecule has 2 aromatic rings. The number of primary amides is 1. The molecule has 1 atom stereocenters. The molecule has 4 rings (SSSR count). The number of carbonyl (C=O) groups excluding carboxylic acids is 3. The number of benzene rings is 2. The lowest BCUT2D eigenvalue weighted by Crippen LogP contribution is -2.52. The quantitative estimate of drug-likeness (QED) is 0.668. The number of nitrogens with zero attached hydrogens (tertiary/aromatic N) is 4. The molecule has 2 aliphatic rings. The highest BCUT2D eigenvalue weighted by Gasteiger charge is 2.37. The van der Waals surface area contributed by atoms with E-state index in [-0.39, 0.29) is 18.2 Å². The lowest BCUT2D eigenvalue weighted by Gasteiger charge is -2.34. The van der Waals surface area contributed by atoms with E-state index in [1.165, 1.54) is 5.01 Å². The largest absolute Gasteiger partial charge is 0.497 e. The molecule has 1 unspecified atom stereocenters. The molecule has 0 bridgehead atoms. The Labute approximate surface area is 198 Å². The summed E-state index contributed by atoms with van der Waals surface area (Å²) in [6.45, 7) is 1.81. The molecule has 9 heteroatoms. The summed E-state index contributed by atoms with van der Waals surface area (Å²) in [5, 5.41) is 5.96. The highest BCUT2D eigenvalue weighted by molar-refractivity contribution is 6.40. The van der Waals surface area contributed by atoms with Crippen molar-refractivity contribution in [2.24, 2.45) is 10.8 Å². The number of para-hydroxylation sites is 1. The van der Waals surface area contributed by atoms with Crippen LogP contribution in [0.25, 0.3) is 0 Å². The lowest BCUT2D eigenvalue weighted by atomic mass is 10.1. The second-order valence-corrected chi connectivity index (χ2v) is 8.37. The summed E-state index contributed by atoms with van der Waals surface area (Å²) in [7, 11) is 1.62.